The van der Waals surface area contributed by atoms with Gasteiger partial charge < -0.3 is 15.5 Å². The average molecular weight is 406 g/mol. The van der Waals surface area contributed by atoms with Crippen LogP contribution >= 0.6 is 0 Å². The first-order chi connectivity index (χ1) is 14.5. The number of anilines is 3. The van der Waals surface area contributed by atoms with Gasteiger partial charge in [-0.25, -0.2) is 9.78 Å². The first kappa shape index (κ1) is 18.2. The first-order valence-corrected chi connectivity index (χ1v) is 9.71. The van der Waals surface area contributed by atoms with Crippen LogP contribution < -0.4 is 16.0 Å². The highest BCUT2D eigenvalue weighted by Crippen LogP contribution is 2.27. The van der Waals surface area contributed by atoms with E-state index in [4.69, 9.17) is 5.73 Å². The van der Waals surface area contributed by atoms with Gasteiger partial charge in [0.05, 0.1) is 11.6 Å². The number of pyridine rings is 1. The van der Waals surface area contributed by atoms with Crippen LogP contribution in [0.5, 0.6) is 0 Å². The van der Waals surface area contributed by atoms with Gasteiger partial charge in [0.2, 0.25) is 5.95 Å². The number of nitrogens with one attached hydrogen (secondary N) is 1. The molecule has 11 nitrogen and oxygen atoms in total. The molecular weight excluding hydrogens is 384 g/mol. The van der Waals surface area contributed by atoms with E-state index in [-0.39, 0.29) is 18.0 Å². The molecule has 0 spiro atoms. The topological polar surface area (TPSA) is 122 Å². The number of nitrogen functional groups attached to an aromatic ring is 1. The Morgan fingerprint density at radius 3 is 2.97 bits per heavy atom. The van der Waals surface area contributed by atoms with Crippen molar-refractivity contribution in [2.24, 2.45) is 7.05 Å². The molecule has 1 saturated heterocycles. The third kappa shape index (κ3) is 2.95. The largest absolute Gasteiger partial charge is 0.368 e. The molecule has 11 heteroatoms. The molecule has 0 unspecified atom stereocenters. The molecule has 2 amide bonds. The van der Waals surface area contributed by atoms with Crippen LogP contribution in [0.4, 0.5) is 22.4 Å². The maximum absolute atomic E-state index is 12.9. The number of aryl methyl sites for hydroxylation is 1. The Bertz CT molecular complexity index is 1240. The normalized spacial score (nSPS) is 17.1. The van der Waals surface area contributed by atoms with E-state index >= 15 is 0 Å². The van der Waals surface area contributed by atoms with Gasteiger partial charge in [-0.1, -0.05) is 6.07 Å². The van der Waals surface area contributed by atoms with Crippen molar-refractivity contribution in [2.45, 2.75) is 13.0 Å². The zero-order chi connectivity index (χ0) is 20.8. The van der Waals surface area contributed by atoms with Gasteiger partial charge in [-0.15, -0.1) is 0 Å². The van der Waals surface area contributed by atoms with Crippen molar-refractivity contribution < 1.29 is 4.79 Å². The van der Waals surface area contributed by atoms with Crippen molar-refractivity contribution in [3.8, 4) is 0 Å². The maximum Gasteiger partial charge on any atom is 0.323 e. The summed E-state index contributed by atoms with van der Waals surface area (Å²) in [5.41, 5.74) is 7.41. The Morgan fingerprint density at radius 2 is 2.13 bits per heavy atom. The maximum atomic E-state index is 12.9. The molecule has 3 N–H and O–H groups in total. The third-order valence-electron chi connectivity index (χ3n) is 5.44. The van der Waals surface area contributed by atoms with Crippen molar-refractivity contribution in [1.82, 2.24) is 34.0 Å². The van der Waals surface area contributed by atoms with Crippen molar-refractivity contribution in [1.29, 1.82) is 0 Å². The highest BCUT2D eigenvalue weighted by Gasteiger charge is 2.29. The molecule has 0 aliphatic carbocycles. The molecule has 1 fully saturated rings. The number of piperazine rings is 1. The molecule has 0 saturated carbocycles. The van der Waals surface area contributed by atoms with E-state index < -0.39 is 0 Å². The standard InChI is InChI=1S/C19H22N10O/c1-12-11-27(19(30)23-15-5-3-4-14-21-6-7-29(14)15)8-9-28(12)17-13-10-22-26(2)16(13)24-18(20)25-17/h3-7,10,12H,8-9,11H2,1-2H3,(H,23,30)(H2,20,24,25)/t12-/m0/s1. The highest BCUT2D eigenvalue weighted by atomic mass is 16.2. The molecule has 5 heterocycles. The number of carbonyl (C=O) groups is 1. The minimum Gasteiger partial charge on any atom is -0.368 e. The smallest absolute Gasteiger partial charge is 0.323 e. The van der Waals surface area contributed by atoms with Crippen LogP contribution in [0, 0.1) is 0 Å². The van der Waals surface area contributed by atoms with Crippen LogP contribution in [0.1, 0.15) is 6.92 Å². The molecule has 4 aromatic rings. The zero-order valence-corrected chi connectivity index (χ0v) is 16.7. The predicted octanol–water partition coefficient (Wildman–Crippen LogP) is 1.34. The summed E-state index contributed by atoms with van der Waals surface area (Å²) in [6.45, 7) is 3.81. The van der Waals surface area contributed by atoms with Crippen LogP contribution in [0.3, 0.4) is 0 Å². The Labute approximate surface area is 172 Å². The highest BCUT2D eigenvalue weighted by molar-refractivity contribution is 5.90. The molecule has 0 radical (unpaired) electrons. The predicted molar refractivity (Wildman–Crippen MR) is 113 cm³/mol. The summed E-state index contributed by atoms with van der Waals surface area (Å²) in [4.78, 5) is 29.9. The number of hydrogen-bond acceptors (Lipinski definition) is 7. The number of nitrogens with zero attached hydrogens (tertiary/aromatic N) is 8. The van der Waals surface area contributed by atoms with Crippen molar-refractivity contribution in [3.05, 3.63) is 36.8 Å². The quantitative estimate of drug-likeness (QED) is 0.515. The average Bonchev–Trinajstić information content (AvgIpc) is 3.35. The first-order valence-electron chi connectivity index (χ1n) is 9.71. The minimum atomic E-state index is -0.142. The van der Waals surface area contributed by atoms with E-state index in [0.29, 0.717) is 31.1 Å². The van der Waals surface area contributed by atoms with Crippen molar-refractivity contribution >= 4 is 40.3 Å². The van der Waals surface area contributed by atoms with Crippen LogP contribution in [0.2, 0.25) is 0 Å². The monoisotopic (exact) mass is 406 g/mol. The summed E-state index contributed by atoms with van der Waals surface area (Å²) >= 11 is 0. The lowest BCUT2D eigenvalue weighted by Crippen LogP contribution is -2.55. The number of amides is 2. The lowest BCUT2D eigenvalue weighted by Gasteiger charge is -2.40. The number of rotatable bonds is 2. The number of aromatic nitrogens is 6. The van der Waals surface area contributed by atoms with Gasteiger partial charge in [0, 0.05) is 45.1 Å². The molecule has 30 heavy (non-hydrogen) atoms. The van der Waals surface area contributed by atoms with E-state index in [2.05, 4.69) is 37.2 Å². The fraction of sp³-hybridized carbons (Fsp3) is 0.316. The van der Waals surface area contributed by atoms with Gasteiger partial charge in [0.25, 0.3) is 0 Å². The van der Waals surface area contributed by atoms with Crippen molar-refractivity contribution in [3.63, 3.8) is 0 Å². The third-order valence-corrected chi connectivity index (χ3v) is 5.44. The summed E-state index contributed by atoms with van der Waals surface area (Å²) in [6, 6.07) is 5.53. The van der Waals surface area contributed by atoms with E-state index in [0.717, 1.165) is 16.9 Å². The van der Waals surface area contributed by atoms with E-state index in [1.165, 1.54) is 0 Å². The fourth-order valence-electron chi connectivity index (χ4n) is 3.94. The summed E-state index contributed by atoms with van der Waals surface area (Å²) in [5, 5.41) is 8.12. The van der Waals surface area contributed by atoms with Gasteiger partial charge in [0.1, 0.15) is 17.3 Å². The number of imidazole rings is 1. The summed E-state index contributed by atoms with van der Waals surface area (Å²) in [7, 11) is 1.82. The van der Waals surface area contributed by atoms with Gasteiger partial charge in [0.15, 0.2) is 5.65 Å². The summed E-state index contributed by atoms with van der Waals surface area (Å²) in [5.74, 6) is 1.65. The Hall–Kier alpha value is -3.89. The Kier molecular flexibility index (Phi) is 4.16. The van der Waals surface area contributed by atoms with Crippen LogP contribution in [-0.2, 0) is 7.05 Å². The molecule has 154 valence electrons. The van der Waals surface area contributed by atoms with Gasteiger partial charge in [-0.2, -0.15) is 15.1 Å². The van der Waals surface area contributed by atoms with Crippen LogP contribution in [-0.4, -0.2) is 65.7 Å². The molecule has 5 rings (SSSR count). The molecule has 1 atom stereocenters. The summed E-state index contributed by atoms with van der Waals surface area (Å²) < 4.78 is 3.53. The fourth-order valence-corrected chi connectivity index (χ4v) is 3.94. The second kappa shape index (κ2) is 6.87. The molecular formula is C19H22N10O. The second-order valence-electron chi connectivity index (χ2n) is 7.40. The lowest BCUT2D eigenvalue weighted by atomic mass is 10.2. The molecule has 1 aliphatic rings. The molecule has 0 bridgehead atoms. The number of nitrogens with two attached hydrogens (primary N) is 1. The lowest BCUT2D eigenvalue weighted by molar-refractivity contribution is 0.200. The number of hydrogen-bond donors (Lipinski definition) is 2. The van der Waals surface area contributed by atoms with Crippen LogP contribution in [0.15, 0.2) is 36.8 Å². The Morgan fingerprint density at radius 1 is 1.27 bits per heavy atom. The van der Waals surface area contributed by atoms with E-state index in [9.17, 15) is 4.79 Å². The van der Waals surface area contributed by atoms with Gasteiger partial charge in [-0.05, 0) is 19.1 Å². The van der Waals surface area contributed by atoms with Gasteiger partial charge in [-0.3, -0.25) is 14.4 Å². The van der Waals surface area contributed by atoms with Gasteiger partial charge >= 0.3 is 6.03 Å². The molecule has 4 aromatic heterocycles. The number of fused-ring (bicyclic) bond motifs is 2. The molecule has 0 aromatic carbocycles. The SMILES string of the molecule is C[C@H]1CN(C(=O)Nc2cccc3nccn23)CCN1c1nc(N)nc2c1cnn2C. The minimum absolute atomic E-state index is 0.0474. The number of urea groups is 1. The molecule has 1 aliphatic heterocycles. The summed E-state index contributed by atoms with van der Waals surface area (Å²) in [6.07, 6.45) is 5.28. The number of carbonyl (C=O) groups excluding carboxylic acids is 1. The van der Waals surface area contributed by atoms with E-state index in [1.54, 1.807) is 17.1 Å². The Balaban J connectivity index is 1.35. The van der Waals surface area contributed by atoms with E-state index in [1.807, 2.05) is 40.7 Å². The van der Waals surface area contributed by atoms with Crippen LogP contribution in [0.25, 0.3) is 16.7 Å². The van der Waals surface area contributed by atoms with Crippen molar-refractivity contribution in [2.75, 3.05) is 35.6 Å². The second-order valence-corrected chi connectivity index (χ2v) is 7.40. The zero-order valence-electron chi connectivity index (χ0n) is 16.7.